The average molecular weight is 312 g/mol. The summed E-state index contributed by atoms with van der Waals surface area (Å²) in [5.74, 6) is -0.918. The summed E-state index contributed by atoms with van der Waals surface area (Å²) in [7, 11) is -3.52. The fourth-order valence-electron chi connectivity index (χ4n) is 1.97. The van der Waals surface area contributed by atoms with Crippen molar-refractivity contribution < 1.29 is 23.1 Å². The maximum atomic E-state index is 12.2. The number of hydrogen-bond acceptors (Lipinski definition) is 5. The first-order valence-electron chi connectivity index (χ1n) is 6.45. The van der Waals surface area contributed by atoms with Crippen LogP contribution in [0.1, 0.15) is 18.5 Å². The Labute approximate surface area is 122 Å². The zero-order valence-electron chi connectivity index (χ0n) is 11.2. The lowest BCUT2D eigenvalue weighted by atomic mass is 10.2. The van der Waals surface area contributed by atoms with Crippen molar-refractivity contribution in [3.05, 3.63) is 30.0 Å². The zero-order chi connectivity index (χ0) is 15.3. The molecule has 2 heterocycles. The van der Waals surface area contributed by atoms with Gasteiger partial charge in [0.2, 0.25) is 10.0 Å². The summed E-state index contributed by atoms with van der Waals surface area (Å²) in [5, 5.41) is 8.07. The van der Waals surface area contributed by atoms with Gasteiger partial charge in [-0.2, -0.15) is 0 Å². The quantitative estimate of drug-likeness (QED) is 0.789. The number of nitrogens with one attached hydrogen (secondary N) is 1. The van der Waals surface area contributed by atoms with Crippen molar-refractivity contribution in [2.75, 3.05) is 17.9 Å². The third-order valence-corrected chi connectivity index (χ3v) is 4.86. The molecule has 8 heteroatoms. The average Bonchev–Trinajstić information content (AvgIpc) is 2.46. The number of ether oxygens (including phenoxy) is 1. The molecule has 1 fully saturated rings. The van der Waals surface area contributed by atoms with Crippen LogP contribution in [0.2, 0.25) is 0 Å². The number of carboxylic acids is 1. The monoisotopic (exact) mass is 312 g/mol. The van der Waals surface area contributed by atoms with E-state index < -0.39 is 21.2 Å². The number of sulfonamides is 1. The van der Waals surface area contributed by atoms with Crippen LogP contribution in [0.4, 0.5) is 5.82 Å². The Morgan fingerprint density at radius 1 is 1.38 bits per heavy atom. The minimum Gasteiger partial charge on any atom is -0.478 e. The Morgan fingerprint density at radius 3 is 2.76 bits per heavy atom. The third kappa shape index (κ3) is 4.54. The van der Waals surface area contributed by atoms with Crippen molar-refractivity contribution >= 4 is 27.9 Å². The van der Waals surface area contributed by atoms with Gasteiger partial charge in [0, 0.05) is 19.3 Å². The van der Waals surface area contributed by atoms with Gasteiger partial charge in [-0.15, -0.1) is 0 Å². The van der Waals surface area contributed by atoms with Gasteiger partial charge in [0.15, 0.2) is 0 Å². The highest BCUT2D eigenvalue weighted by molar-refractivity contribution is 7.93. The molecule has 2 N–H and O–H groups in total. The van der Waals surface area contributed by atoms with Crippen LogP contribution in [0.25, 0.3) is 6.08 Å². The summed E-state index contributed by atoms with van der Waals surface area (Å²) in [6.45, 7) is 0.862. The van der Waals surface area contributed by atoms with Crippen LogP contribution in [-0.2, 0) is 19.6 Å². The molecule has 114 valence electrons. The molecule has 0 unspecified atom stereocenters. The summed E-state index contributed by atoms with van der Waals surface area (Å²) in [6.07, 6.45) is 3.15. The molecular weight excluding hydrogens is 296 g/mol. The molecule has 0 radical (unpaired) electrons. The second-order valence-corrected chi connectivity index (χ2v) is 6.54. The van der Waals surface area contributed by atoms with Crippen LogP contribution < -0.4 is 4.72 Å². The van der Waals surface area contributed by atoms with Crippen molar-refractivity contribution in [3.8, 4) is 0 Å². The van der Waals surface area contributed by atoms with Crippen molar-refractivity contribution in [2.45, 2.75) is 18.1 Å². The van der Waals surface area contributed by atoms with E-state index in [0.29, 0.717) is 31.7 Å². The van der Waals surface area contributed by atoms with Crippen LogP contribution in [0.3, 0.4) is 0 Å². The molecule has 0 aromatic carbocycles. The van der Waals surface area contributed by atoms with Gasteiger partial charge in [-0.05, 0) is 31.1 Å². The first-order chi connectivity index (χ1) is 9.97. The third-order valence-electron chi connectivity index (χ3n) is 3.02. The summed E-state index contributed by atoms with van der Waals surface area (Å²) < 4.78 is 32.0. The molecule has 1 aliphatic rings. The topological polar surface area (TPSA) is 106 Å². The van der Waals surface area contributed by atoms with Crippen molar-refractivity contribution in [1.82, 2.24) is 4.98 Å². The van der Waals surface area contributed by atoms with Gasteiger partial charge < -0.3 is 9.84 Å². The summed E-state index contributed by atoms with van der Waals surface area (Å²) in [4.78, 5) is 14.5. The number of carboxylic acid groups (broad SMARTS) is 1. The van der Waals surface area contributed by atoms with E-state index >= 15 is 0 Å². The minimum atomic E-state index is -3.52. The second-order valence-electron chi connectivity index (χ2n) is 4.58. The fourth-order valence-corrected chi connectivity index (χ4v) is 3.36. The number of aliphatic carboxylic acids is 1. The van der Waals surface area contributed by atoms with Crippen LogP contribution in [0.5, 0.6) is 0 Å². The predicted octanol–water partition coefficient (Wildman–Crippen LogP) is 1.10. The molecular formula is C13H16N2O5S. The molecule has 21 heavy (non-hydrogen) atoms. The van der Waals surface area contributed by atoms with Crippen LogP contribution in [-0.4, -0.2) is 42.9 Å². The number of rotatable bonds is 5. The highest BCUT2D eigenvalue weighted by Gasteiger charge is 2.27. The number of anilines is 1. The van der Waals surface area contributed by atoms with Gasteiger partial charge in [-0.3, -0.25) is 4.72 Å². The molecule has 0 aliphatic carbocycles. The molecule has 0 spiro atoms. The highest BCUT2D eigenvalue weighted by Crippen LogP contribution is 2.18. The standard InChI is InChI=1S/C13H16N2O5S/c16-13(17)5-4-10-2-1-3-12(14-10)15-21(18,19)11-6-8-20-9-7-11/h1-5,11H,6-9H2,(H,14,15)(H,16,17). The molecule has 1 aromatic heterocycles. The SMILES string of the molecule is O=C(O)C=Cc1cccc(NS(=O)(=O)C2CCOCC2)n1. The van der Waals surface area contributed by atoms with E-state index in [0.717, 1.165) is 6.08 Å². The second kappa shape index (κ2) is 6.68. The number of nitrogens with zero attached hydrogens (tertiary/aromatic N) is 1. The van der Waals surface area contributed by atoms with Gasteiger partial charge >= 0.3 is 5.97 Å². The predicted molar refractivity (Wildman–Crippen MR) is 77.3 cm³/mol. The number of hydrogen-bond donors (Lipinski definition) is 2. The lowest BCUT2D eigenvalue weighted by Crippen LogP contribution is -2.33. The molecule has 0 saturated carbocycles. The van der Waals surface area contributed by atoms with Gasteiger partial charge in [0.05, 0.1) is 10.9 Å². The molecule has 1 aliphatic heterocycles. The van der Waals surface area contributed by atoms with Gasteiger partial charge in [-0.25, -0.2) is 18.2 Å². The van der Waals surface area contributed by atoms with E-state index in [1.165, 1.54) is 12.1 Å². The Morgan fingerprint density at radius 2 is 2.10 bits per heavy atom. The Kier molecular flexibility index (Phi) is 4.92. The number of aromatic nitrogens is 1. The van der Waals surface area contributed by atoms with E-state index in [1.807, 2.05) is 0 Å². The Balaban J connectivity index is 2.11. The van der Waals surface area contributed by atoms with Gasteiger partial charge in [0.25, 0.3) is 0 Å². The number of pyridine rings is 1. The first-order valence-corrected chi connectivity index (χ1v) is 7.99. The van der Waals surface area contributed by atoms with E-state index in [-0.39, 0.29) is 5.82 Å². The maximum Gasteiger partial charge on any atom is 0.328 e. The van der Waals surface area contributed by atoms with E-state index in [4.69, 9.17) is 9.84 Å². The van der Waals surface area contributed by atoms with E-state index in [9.17, 15) is 13.2 Å². The normalized spacial score (nSPS) is 17.0. The Hall–Kier alpha value is -1.93. The molecule has 2 rings (SSSR count). The lowest BCUT2D eigenvalue weighted by molar-refractivity contribution is -0.131. The summed E-state index contributed by atoms with van der Waals surface area (Å²) >= 11 is 0. The first kappa shape index (κ1) is 15.5. The van der Waals surface area contributed by atoms with Crippen LogP contribution >= 0.6 is 0 Å². The van der Waals surface area contributed by atoms with Gasteiger partial charge in [0.1, 0.15) is 5.82 Å². The molecule has 0 atom stereocenters. The van der Waals surface area contributed by atoms with Crippen molar-refractivity contribution in [3.63, 3.8) is 0 Å². The lowest BCUT2D eigenvalue weighted by Gasteiger charge is -2.22. The van der Waals surface area contributed by atoms with E-state index in [1.54, 1.807) is 12.1 Å². The fraction of sp³-hybridized carbons (Fsp3) is 0.385. The zero-order valence-corrected chi connectivity index (χ0v) is 12.0. The summed E-state index contributed by atoms with van der Waals surface area (Å²) in [5.41, 5.74) is 0.365. The molecule has 1 aromatic rings. The smallest absolute Gasteiger partial charge is 0.328 e. The van der Waals surface area contributed by atoms with Crippen LogP contribution in [0, 0.1) is 0 Å². The number of carbonyl (C=O) groups is 1. The molecule has 0 bridgehead atoms. The molecule has 1 saturated heterocycles. The highest BCUT2D eigenvalue weighted by atomic mass is 32.2. The minimum absolute atomic E-state index is 0.175. The Bertz CT molecular complexity index is 636. The van der Waals surface area contributed by atoms with E-state index in [2.05, 4.69) is 9.71 Å². The van der Waals surface area contributed by atoms with Crippen molar-refractivity contribution in [2.24, 2.45) is 0 Å². The molecule has 7 nitrogen and oxygen atoms in total. The van der Waals surface area contributed by atoms with Crippen LogP contribution in [0.15, 0.2) is 24.3 Å². The summed E-state index contributed by atoms with van der Waals surface area (Å²) in [6, 6.07) is 4.72. The molecule has 0 amide bonds. The largest absolute Gasteiger partial charge is 0.478 e. The maximum absolute atomic E-state index is 12.2. The van der Waals surface area contributed by atoms with Gasteiger partial charge in [-0.1, -0.05) is 6.07 Å². The van der Waals surface area contributed by atoms with Crippen molar-refractivity contribution in [1.29, 1.82) is 0 Å².